The van der Waals surface area contributed by atoms with Crippen molar-refractivity contribution >= 4 is 28.5 Å². The van der Waals surface area contributed by atoms with E-state index >= 15 is 0 Å². The lowest BCUT2D eigenvalue weighted by molar-refractivity contribution is 0.0931. The number of rotatable bonds is 3. The zero-order chi connectivity index (χ0) is 13.2. The fourth-order valence-corrected chi connectivity index (χ4v) is 3.18. The number of fused-ring (bicyclic) bond motifs is 1. The summed E-state index contributed by atoms with van der Waals surface area (Å²) in [6.45, 7) is 0. The molecule has 1 saturated carbocycles. The molecule has 0 radical (unpaired) electrons. The molecule has 19 heavy (non-hydrogen) atoms. The molecule has 1 aromatic carbocycles. The van der Waals surface area contributed by atoms with Gasteiger partial charge in [-0.15, -0.1) is 11.6 Å². The van der Waals surface area contributed by atoms with Gasteiger partial charge in [-0.2, -0.15) is 0 Å². The van der Waals surface area contributed by atoms with Gasteiger partial charge >= 0.3 is 0 Å². The van der Waals surface area contributed by atoms with Crippen LogP contribution in [0.15, 0.2) is 34.9 Å². The number of alkyl halides is 1. The minimum atomic E-state index is -0.0630. The number of carbonyl (C=O) groups excluding carboxylic acids is 1. The molecule has 0 bridgehead atoms. The van der Waals surface area contributed by atoms with E-state index in [0.717, 1.165) is 30.2 Å². The first kappa shape index (κ1) is 12.5. The summed E-state index contributed by atoms with van der Waals surface area (Å²) in [4.78, 5) is 12.3. The normalized spacial score (nSPS) is 22.8. The summed E-state index contributed by atoms with van der Waals surface area (Å²) < 4.78 is 5.40. The fraction of sp³-hybridized carbons (Fsp3) is 0.400. The Labute approximate surface area is 116 Å². The van der Waals surface area contributed by atoms with Crippen LogP contribution in [0.2, 0.25) is 0 Å². The van der Waals surface area contributed by atoms with Crippen LogP contribution in [-0.4, -0.2) is 17.8 Å². The molecule has 2 atom stereocenters. The summed E-state index contributed by atoms with van der Waals surface area (Å²) in [5.74, 6) is 0.938. The Morgan fingerprint density at radius 2 is 2.21 bits per heavy atom. The Morgan fingerprint density at radius 1 is 1.37 bits per heavy atom. The van der Waals surface area contributed by atoms with Crippen molar-refractivity contribution in [3.05, 3.63) is 36.1 Å². The molecule has 2 unspecified atom stereocenters. The predicted molar refractivity (Wildman–Crippen MR) is 75.5 cm³/mol. The Balaban J connectivity index is 1.80. The van der Waals surface area contributed by atoms with Gasteiger partial charge in [0.1, 0.15) is 11.8 Å². The number of nitrogens with one attached hydrogen (secondary N) is 1. The van der Waals surface area contributed by atoms with E-state index in [9.17, 15) is 4.79 Å². The molecule has 2 aromatic rings. The van der Waals surface area contributed by atoms with Crippen molar-refractivity contribution in [1.82, 2.24) is 5.32 Å². The molecule has 0 spiro atoms. The van der Waals surface area contributed by atoms with Gasteiger partial charge in [0.05, 0.1) is 5.56 Å². The zero-order valence-corrected chi connectivity index (χ0v) is 11.3. The monoisotopic (exact) mass is 277 g/mol. The maximum Gasteiger partial charge on any atom is 0.255 e. The molecule has 1 aromatic heterocycles. The van der Waals surface area contributed by atoms with Crippen molar-refractivity contribution in [2.45, 2.75) is 25.3 Å². The van der Waals surface area contributed by atoms with E-state index in [2.05, 4.69) is 5.32 Å². The van der Waals surface area contributed by atoms with E-state index in [-0.39, 0.29) is 11.9 Å². The predicted octanol–water partition coefficient (Wildman–Crippen LogP) is 3.57. The molecule has 4 heteroatoms. The average Bonchev–Trinajstić information content (AvgIpc) is 3.04. The van der Waals surface area contributed by atoms with Crippen molar-refractivity contribution in [2.75, 3.05) is 5.88 Å². The van der Waals surface area contributed by atoms with Crippen LogP contribution in [-0.2, 0) is 0 Å². The molecule has 1 amide bonds. The van der Waals surface area contributed by atoms with E-state index in [4.69, 9.17) is 16.0 Å². The first-order valence-corrected chi connectivity index (χ1v) is 7.16. The molecule has 1 heterocycles. The number of benzene rings is 1. The smallest absolute Gasteiger partial charge is 0.255 e. The minimum absolute atomic E-state index is 0.0630. The maximum atomic E-state index is 12.3. The second-order valence-corrected chi connectivity index (χ2v) is 5.38. The third-order valence-electron chi connectivity index (χ3n) is 3.90. The molecular weight excluding hydrogens is 262 g/mol. The number of hydrogen-bond donors (Lipinski definition) is 1. The average molecular weight is 278 g/mol. The molecular formula is C15H16ClNO2. The quantitative estimate of drug-likeness (QED) is 0.872. The lowest BCUT2D eigenvalue weighted by Crippen LogP contribution is -2.37. The van der Waals surface area contributed by atoms with Gasteiger partial charge in [-0.1, -0.05) is 24.6 Å². The number of hydrogen-bond acceptors (Lipinski definition) is 2. The van der Waals surface area contributed by atoms with Crippen molar-refractivity contribution in [1.29, 1.82) is 0 Å². The molecule has 3 rings (SSSR count). The number of carbonyl (C=O) groups is 1. The molecule has 1 aliphatic carbocycles. The van der Waals surface area contributed by atoms with Crippen LogP contribution in [0.4, 0.5) is 0 Å². The number of amides is 1. The molecule has 100 valence electrons. The second kappa shape index (κ2) is 5.25. The van der Waals surface area contributed by atoms with Crippen LogP contribution >= 0.6 is 11.6 Å². The Hall–Kier alpha value is -1.48. The summed E-state index contributed by atoms with van der Waals surface area (Å²) >= 11 is 5.94. The van der Waals surface area contributed by atoms with E-state index in [1.807, 2.05) is 24.3 Å². The van der Waals surface area contributed by atoms with Gasteiger partial charge in [0.2, 0.25) is 0 Å². The lowest BCUT2D eigenvalue weighted by Gasteiger charge is -2.18. The van der Waals surface area contributed by atoms with Crippen molar-refractivity contribution in [3.63, 3.8) is 0 Å². The van der Waals surface area contributed by atoms with E-state index < -0.39 is 0 Å². The van der Waals surface area contributed by atoms with Gasteiger partial charge in [-0.25, -0.2) is 0 Å². The van der Waals surface area contributed by atoms with Crippen LogP contribution in [0.1, 0.15) is 29.6 Å². The number of halogens is 1. The maximum absolute atomic E-state index is 12.3. The Bertz CT molecular complexity index is 593. The van der Waals surface area contributed by atoms with E-state index in [0.29, 0.717) is 17.4 Å². The standard InChI is InChI=1S/C15H16ClNO2/c16-8-10-4-3-6-13(10)17-15(18)12-9-19-14-7-2-1-5-11(12)14/h1-2,5,7,9-10,13H,3-4,6,8H2,(H,17,18). The van der Waals surface area contributed by atoms with E-state index in [1.165, 1.54) is 6.26 Å². The Morgan fingerprint density at radius 3 is 3.05 bits per heavy atom. The molecule has 0 aliphatic heterocycles. The third-order valence-corrected chi connectivity index (χ3v) is 4.30. The zero-order valence-electron chi connectivity index (χ0n) is 10.6. The van der Waals surface area contributed by atoms with Gasteiger partial charge in [0.15, 0.2) is 0 Å². The van der Waals surface area contributed by atoms with Gasteiger partial charge in [-0.05, 0) is 24.8 Å². The Kier molecular flexibility index (Phi) is 3.47. The summed E-state index contributed by atoms with van der Waals surface area (Å²) in [5, 5.41) is 3.95. The van der Waals surface area contributed by atoms with Gasteiger partial charge in [-0.3, -0.25) is 4.79 Å². The summed E-state index contributed by atoms with van der Waals surface area (Å²) in [5.41, 5.74) is 1.35. The summed E-state index contributed by atoms with van der Waals surface area (Å²) in [7, 11) is 0. The van der Waals surface area contributed by atoms with Crippen molar-refractivity contribution < 1.29 is 9.21 Å². The van der Waals surface area contributed by atoms with Crippen LogP contribution in [0.25, 0.3) is 11.0 Å². The van der Waals surface area contributed by atoms with Crippen molar-refractivity contribution in [3.8, 4) is 0 Å². The SMILES string of the molecule is O=C(NC1CCCC1CCl)c1coc2ccccc12. The lowest BCUT2D eigenvalue weighted by atomic mass is 10.1. The highest BCUT2D eigenvalue weighted by atomic mass is 35.5. The molecule has 1 N–H and O–H groups in total. The minimum Gasteiger partial charge on any atom is -0.463 e. The first-order chi connectivity index (χ1) is 9.29. The first-order valence-electron chi connectivity index (χ1n) is 6.62. The van der Waals surface area contributed by atoms with Gasteiger partial charge in [0, 0.05) is 17.3 Å². The van der Waals surface area contributed by atoms with Gasteiger partial charge in [0.25, 0.3) is 5.91 Å². The molecule has 3 nitrogen and oxygen atoms in total. The summed E-state index contributed by atoms with van der Waals surface area (Å²) in [6.07, 6.45) is 4.78. The molecule has 0 saturated heterocycles. The largest absolute Gasteiger partial charge is 0.463 e. The highest BCUT2D eigenvalue weighted by molar-refractivity contribution is 6.18. The fourth-order valence-electron chi connectivity index (χ4n) is 2.81. The molecule has 1 fully saturated rings. The van der Waals surface area contributed by atoms with Crippen LogP contribution < -0.4 is 5.32 Å². The summed E-state index contributed by atoms with van der Waals surface area (Å²) in [6, 6.07) is 7.77. The highest BCUT2D eigenvalue weighted by Crippen LogP contribution is 2.27. The third kappa shape index (κ3) is 2.35. The second-order valence-electron chi connectivity index (χ2n) is 5.07. The van der Waals surface area contributed by atoms with Crippen LogP contribution in [0, 0.1) is 5.92 Å². The van der Waals surface area contributed by atoms with Crippen molar-refractivity contribution in [2.24, 2.45) is 5.92 Å². The highest BCUT2D eigenvalue weighted by Gasteiger charge is 2.28. The van der Waals surface area contributed by atoms with Gasteiger partial charge < -0.3 is 9.73 Å². The van der Waals surface area contributed by atoms with E-state index in [1.54, 1.807) is 0 Å². The number of para-hydroxylation sites is 1. The topological polar surface area (TPSA) is 42.2 Å². The molecule has 1 aliphatic rings. The van der Waals surface area contributed by atoms with Crippen LogP contribution in [0.3, 0.4) is 0 Å². The number of furan rings is 1. The van der Waals surface area contributed by atoms with Crippen LogP contribution in [0.5, 0.6) is 0 Å².